The normalized spacial score (nSPS) is 10.6. The minimum atomic E-state index is -0.550. The Hall–Kier alpha value is -2.57. The molecule has 0 N–H and O–H groups in total. The Balaban J connectivity index is 1.51. The first-order chi connectivity index (χ1) is 12.5. The molecule has 3 rings (SSSR count). The van der Waals surface area contributed by atoms with Crippen LogP contribution in [0.1, 0.15) is 11.5 Å². The number of ether oxygens (including phenoxy) is 2. The van der Waals surface area contributed by atoms with E-state index in [1.807, 2.05) is 6.92 Å². The maximum absolute atomic E-state index is 11.8. The molecule has 8 heteroatoms. The summed E-state index contributed by atoms with van der Waals surface area (Å²) in [5, 5.41) is 5.06. The lowest BCUT2D eigenvalue weighted by Crippen LogP contribution is -2.15. The fourth-order valence-corrected chi connectivity index (χ4v) is 2.48. The number of aromatic nitrogens is 2. The van der Waals surface area contributed by atoms with Crippen LogP contribution in [0.5, 0.6) is 5.75 Å². The van der Waals surface area contributed by atoms with Crippen LogP contribution >= 0.6 is 23.2 Å². The average molecular weight is 393 g/mol. The molecule has 134 valence electrons. The molecule has 0 saturated carbocycles. The molecule has 0 radical (unpaired) electrons. The van der Waals surface area contributed by atoms with E-state index in [9.17, 15) is 4.79 Å². The summed E-state index contributed by atoms with van der Waals surface area (Å²) in [5.41, 5.74) is 1.58. The summed E-state index contributed by atoms with van der Waals surface area (Å²) in [4.78, 5) is 16.0. The van der Waals surface area contributed by atoms with E-state index in [0.29, 0.717) is 21.6 Å². The summed E-state index contributed by atoms with van der Waals surface area (Å²) in [5.74, 6) is 0.589. The van der Waals surface area contributed by atoms with Crippen LogP contribution in [-0.4, -0.2) is 22.7 Å². The molecule has 0 atom stereocenters. The van der Waals surface area contributed by atoms with Gasteiger partial charge in [-0.1, -0.05) is 28.4 Å². The van der Waals surface area contributed by atoms with Crippen molar-refractivity contribution in [2.75, 3.05) is 6.61 Å². The quantitative estimate of drug-likeness (QED) is 0.575. The first-order valence-corrected chi connectivity index (χ1v) is 8.40. The number of nitrogens with zero attached hydrogens (tertiary/aromatic N) is 2. The van der Waals surface area contributed by atoms with E-state index in [1.165, 1.54) is 0 Å². The van der Waals surface area contributed by atoms with Crippen LogP contribution in [0.4, 0.5) is 0 Å². The van der Waals surface area contributed by atoms with Crippen molar-refractivity contribution in [1.29, 1.82) is 0 Å². The number of benzene rings is 2. The molecule has 0 amide bonds. The van der Waals surface area contributed by atoms with Gasteiger partial charge < -0.3 is 14.0 Å². The van der Waals surface area contributed by atoms with Gasteiger partial charge in [-0.25, -0.2) is 4.79 Å². The number of esters is 1. The van der Waals surface area contributed by atoms with Crippen LogP contribution in [-0.2, 0) is 16.1 Å². The van der Waals surface area contributed by atoms with Gasteiger partial charge in [0.2, 0.25) is 5.82 Å². The zero-order valence-corrected chi connectivity index (χ0v) is 15.3. The first kappa shape index (κ1) is 18.2. The summed E-state index contributed by atoms with van der Waals surface area (Å²) >= 11 is 11.7. The lowest BCUT2D eigenvalue weighted by molar-refractivity contribution is -0.148. The highest BCUT2D eigenvalue weighted by molar-refractivity contribution is 6.30. The smallest absolute Gasteiger partial charge is 0.344 e. The maximum Gasteiger partial charge on any atom is 0.344 e. The van der Waals surface area contributed by atoms with E-state index in [0.717, 1.165) is 11.1 Å². The monoisotopic (exact) mass is 392 g/mol. The average Bonchev–Trinajstić information content (AvgIpc) is 3.09. The van der Waals surface area contributed by atoms with Gasteiger partial charge >= 0.3 is 5.97 Å². The third-order valence-corrected chi connectivity index (χ3v) is 3.90. The molecular weight excluding hydrogens is 379 g/mol. The van der Waals surface area contributed by atoms with Crippen LogP contribution in [0.3, 0.4) is 0 Å². The third kappa shape index (κ3) is 4.74. The number of rotatable bonds is 6. The van der Waals surface area contributed by atoms with Gasteiger partial charge in [0.25, 0.3) is 5.89 Å². The van der Waals surface area contributed by atoms with Gasteiger partial charge in [-0.2, -0.15) is 4.98 Å². The van der Waals surface area contributed by atoms with Gasteiger partial charge in [0, 0.05) is 15.6 Å². The van der Waals surface area contributed by atoms with E-state index >= 15 is 0 Å². The van der Waals surface area contributed by atoms with Crippen LogP contribution in [0.2, 0.25) is 10.0 Å². The number of hydrogen-bond acceptors (Lipinski definition) is 6. The van der Waals surface area contributed by atoms with Crippen LogP contribution < -0.4 is 4.74 Å². The Morgan fingerprint density at radius 2 is 1.85 bits per heavy atom. The highest BCUT2D eigenvalue weighted by atomic mass is 35.5. The Kier molecular flexibility index (Phi) is 5.75. The van der Waals surface area contributed by atoms with Gasteiger partial charge in [-0.15, -0.1) is 0 Å². The molecule has 3 aromatic rings. The molecule has 0 spiro atoms. The second kappa shape index (κ2) is 8.21. The molecule has 6 nitrogen and oxygen atoms in total. The molecule has 2 aromatic carbocycles. The Labute approximate surface area is 159 Å². The molecule has 0 aliphatic rings. The Morgan fingerprint density at radius 3 is 2.58 bits per heavy atom. The van der Waals surface area contributed by atoms with Crippen molar-refractivity contribution in [1.82, 2.24) is 10.1 Å². The fraction of sp³-hybridized carbons (Fsp3) is 0.167. The zero-order chi connectivity index (χ0) is 18.5. The summed E-state index contributed by atoms with van der Waals surface area (Å²) in [6.45, 7) is 1.46. The van der Waals surface area contributed by atoms with Crippen molar-refractivity contribution in [2.45, 2.75) is 13.5 Å². The first-order valence-electron chi connectivity index (χ1n) is 7.64. The van der Waals surface area contributed by atoms with Crippen molar-refractivity contribution >= 4 is 29.2 Å². The standard InChI is InChI=1S/C18H14Cl2N2O4/c1-11-8-14(20)6-7-15(11)24-10-17(23)25-9-16-21-18(22-26-16)12-2-4-13(19)5-3-12/h2-8H,9-10H2,1H3. The minimum absolute atomic E-state index is 0.137. The minimum Gasteiger partial charge on any atom is -0.482 e. The summed E-state index contributed by atoms with van der Waals surface area (Å²) < 4.78 is 15.6. The molecule has 0 fully saturated rings. The van der Waals surface area contributed by atoms with Crippen molar-refractivity contribution in [3.63, 3.8) is 0 Å². The second-order valence-electron chi connectivity index (χ2n) is 5.38. The Bertz CT molecular complexity index is 910. The highest BCUT2D eigenvalue weighted by Crippen LogP contribution is 2.22. The van der Waals surface area contributed by atoms with Crippen molar-refractivity contribution in [3.05, 3.63) is 64.0 Å². The van der Waals surface area contributed by atoms with Crippen LogP contribution in [0.25, 0.3) is 11.4 Å². The zero-order valence-electron chi connectivity index (χ0n) is 13.7. The van der Waals surface area contributed by atoms with Crippen molar-refractivity contribution in [3.8, 4) is 17.1 Å². The van der Waals surface area contributed by atoms with E-state index in [-0.39, 0.29) is 19.1 Å². The van der Waals surface area contributed by atoms with Crippen LogP contribution in [0, 0.1) is 6.92 Å². The molecule has 0 bridgehead atoms. The molecule has 1 heterocycles. The maximum atomic E-state index is 11.8. The highest BCUT2D eigenvalue weighted by Gasteiger charge is 2.12. The van der Waals surface area contributed by atoms with E-state index in [2.05, 4.69) is 10.1 Å². The molecular formula is C18H14Cl2N2O4. The van der Waals surface area contributed by atoms with Crippen molar-refractivity contribution < 1.29 is 18.8 Å². The molecule has 0 aliphatic carbocycles. The fourth-order valence-electron chi connectivity index (χ4n) is 2.13. The molecule has 26 heavy (non-hydrogen) atoms. The van der Waals surface area contributed by atoms with Gasteiger partial charge in [0.1, 0.15) is 5.75 Å². The summed E-state index contributed by atoms with van der Waals surface area (Å²) in [7, 11) is 0. The summed E-state index contributed by atoms with van der Waals surface area (Å²) in [6, 6.07) is 12.1. The number of aryl methyl sites for hydroxylation is 1. The van der Waals surface area contributed by atoms with Crippen LogP contribution in [0.15, 0.2) is 47.0 Å². The number of carbonyl (C=O) groups excluding carboxylic acids is 1. The summed E-state index contributed by atoms with van der Waals surface area (Å²) in [6.07, 6.45) is 0. The second-order valence-corrected chi connectivity index (χ2v) is 6.25. The molecule has 0 aliphatic heterocycles. The molecule has 0 saturated heterocycles. The number of hydrogen-bond donors (Lipinski definition) is 0. The lowest BCUT2D eigenvalue weighted by atomic mass is 10.2. The predicted octanol–water partition coefficient (Wildman–Crippen LogP) is 4.47. The largest absolute Gasteiger partial charge is 0.482 e. The predicted molar refractivity (Wildman–Crippen MR) is 96.2 cm³/mol. The van der Waals surface area contributed by atoms with Gasteiger partial charge in [0.15, 0.2) is 13.2 Å². The third-order valence-electron chi connectivity index (χ3n) is 3.41. The number of halogens is 2. The van der Waals surface area contributed by atoms with E-state index in [1.54, 1.807) is 42.5 Å². The molecule has 0 unspecified atom stereocenters. The van der Waals surface area contributed by atoms with Gasteiger partial charge in [-0.05, 0) is 55.0 Å². The van der Waals surface area contributed by atoms with Crippen molar-refractivity contribution in [2.24, 2.45) is 0 Å². The van der Waals surface area contributed by atoms with Gasteiger partial charge in [0.05, 0.1) is 0 Å². The topological polar surface area (TPSA) is 74.5 Å². The van der Waals surface area contributed by atoms with E-state index < -0.39 is 5.97 Å². The van der Waals surface area contributed by atoms with E-state index in [4.69, 9.17) is 37.2 Å². The number of carbonyl (C=O) groups is 1. The SMILES string of the molecule is Cc1cc(Cl)ccc1OCC(=O)OCc1nc(-c2ccc(Cl)cc2)no1. The molecule has 1 aromatic heterocycles. The van der Waals surface area contributed by atoms with Gasteiger partial charge in [-0.3, -0.25) is 0 Å². The Morgan fingerprint density at radius 1 is 1.12 bits per heavy atom. The lowest BCUT2D eigenvalue weighted by Gasteiger charge is -2.08.